The lowest BCUT2D eigenvalue weighted by Crippen LogP contribution is -2.49. The van der Waals surface area contributed by atoms with Crippen LogP contribution in [0.4, 0.5) is 4.79 Å². The van der Waals surface area contributed by atoms with Crippen molar-refractivity contribution in [2.24, 2.45) is 5.92 Å². The molecule has 1 aliphatic carbocycles. The Morgan fingerprint density at radius 2 is 2.14 bits per heavy atom. The zero-order chi connectivity index (χ0) is 10.6. The first-order valence-corrected chi connectivity index (χ1v) is 5.16. The largest absolute Gasteiger partial charge is 0.335 e. The van der Waals surface area contributed by atoms with Crippen LogP contribution in [0.15, 0.2) is 0 Å². The Labute approximate surface area is 85.6 Å². The van der Waals surface area contributed by atoms with Crippen LogP contribution in [0, 0.1) is 18.3 Å². The van der Waals surface area contributed by atoms with Gasteiger partial charge in [-0.3, -0.25) is 0 Å². The number of amides is 2. The normalized spacial score (nSPS) is 18.1. The van der Waals surface area contributed by atoms with Gasteiger partial charge in [-0.05, 0) is 25.2 Å². The molecule has 0 aliphatic heterocycles. The van der Waals surface area contributed by atoms with Crippen LogP contribution in [0.2, 0.25) is 0 Å². The number of carbonyl (C=O) groups is 1. The minimum absolute atomic E-state index is 0.133. The molecule has 3 heteroatoms. The number of rotatable bonds is 3. The molecule has 1 atom stereocenters. The fraction of sp³-hybridized carbons (Fsp3) is 0.727. The first kappa shape index (κ1) is 10.9. The maximum absolute atomic E-state index is 11.4. The van der Waals surface area contributed by atoms with E-state index in [1.54, 1.807) is 0 Å². The summed E-state index contributed by atoms with van der Waals surface area (Å²) in [6, 6.07) is 0.0574. The van der Waals surface area contributed by atoms with Gasteiger partial charge in [-0.25, -0.2) is 4.79 Å². The van der Waals surface area contributed by atoms with Crippen molar-refractivity contribution < 1.29 is 4.79 Å². The molecule has 2 N–H and O–H groups in total. The van der Waals surface area contributed by atoms with Gasteiger partial charge in [0.05, 0.1) is 6.04 Å². The first-order chi connectivity index (χ1) is 6.63. The fourth-order valence-electron chi connectivity index (χ4n) is 1.32. The van der Waals surface area contributed by atoms with Crippen molar-refractivity contribution in [2.75, 3.05) is 0 Å². The summed E-state index contributed by atoms with van der Waals surface area (Å²) >= 11 is 0. The highest BCUT2D eigenvalue weighted by atomic mass is 16.2. The topological polar surface area (TPSA) is 41.1 Å². The summed E-state index contributed by atoms with van der Waals surface area (Å²) in [6.45, 7) is 3.99. The molecule has 78 valence electrons. The van der Waals surface area contributed by atoms with Crippen LogP contribution in [-0.2, 0) is 0 Å². The number of hydrogen-bond donors (Lipinski definition) is 2. The molecule has 0 heterocycles. The second-order valence-electron chi connectivity index (χ2n) is 4.13. The van der Waals surface area contributed by atoms with Crippen LogP contribution in [0.25, 0.3) is 0 Å². The number of hydrogen-bond acceptors (Lipinski definition) is 1. The monoisotopic (exact) mass is 194 g/mol. The lowest BCUT2D eigenvalue weighted by molar-refractivity contribution is 0.224. The van der Waals surface area contributed by atoms with Crippen molar-refractivity contribution in [3.63, 3.8) is 0 Å². The van der Waals surface area contributed by atoms with Gasteiger partial charge in [-0.2, -0.15) is 0 Å². The van der Waals surface area contributed by atoms with E-state index in [1.807, 2.05) is 13.8 Å². The van der Waals surface area contributed by atoms with E-state index in [2.05, 4.69) is 16.6 Å². The van der Waals surface area contributed by atoms with E-state index in [0.29, 0.717) is 6.04 Å². The third kappa shape index (κ3) is 2.95. The number of terminal acetylenes is 1. The maximum Gasteiger partial charge on any atom is 0.315 e. The highest BCUT2D eigenvalue weighted by molar-refractivity contribution is 5.75. The lowest BCUT2D eigenvalue weighted by Gasteiger charge is -2.27. The zero-order valence-electron chi connectivity index (χ0n) is 8.84. The molecule has 1 rings (SSSR count). The summed E-state index contributed by atoms with van der Waals surface area (Å²) in [7, 11) is 0. The molecule has 1 unspecified atom stereocenters. The Bertz CT molecular complexity index is 238. The van der Waals surface area contributed by atoms with Gasteiger partial charge in [0.1, 0.15) is 0 Å². The summed E-state index contributed by atoms with van der Waals surface area (Å²) in [5, 5.41) is 5.67. The van der Waals surface area contributed by atoms with Crippen molar-refractivity contribution in [3.05, 3.63) is 0 Å². The Kier molecular flexibility index (Phi) is 3.82. The Hall–Kier alpha value is -1.17. The van der Waals surface area contributed by atoms with Crippen LogP contribution in [0.3, 0.4) is 0 Å². The molecular weight excluding hydrogens is 176 g/mol. The number of carbonyl (C=O) groups excluding carboxylic acids is 1. The Morgan fingerprint density at radius 3 is 2.50 bits per heavy atom. The van der Waals surface area contributed by atoms with Crippen molar-refractivity contribution >= 4 is 6.03 Å². The third-order valence-corrected chi connectivity index (χ3v) is 2.57. The lowest BCUT2D eigenvalue weighted by atomic mass is 9.93. The van der Waals surface area contributed by atoms with Gasteiger partial charge < -0.3 is 10.6 Å². The van der Waals surface area contributed by atoms with E-state index >= 15 is 0 Å². The van der Waals surface area contributed by atoms with Crippen molar-refractivity contribution in [2.45, 2.75) is 45.2 Å². The average Bonchev–Trinajstić information content (AvgIpc) is 2.07. The van der Waals surface area contributed by atoms with E-state index < -0.39 is 0 Å². The predicted octanol–water partition coefficient (Wildman–Crippen LogP) is 1.50. The molecule has 0 aromatic heterocycles. The second-order valence-corrected chi connectivity index (χ2v) is 4.13. The molecule has 0 aromatic carbocycles. The molecule has 1 aliphatic rings. The number of nitrogens with one attached hydrogen (secondary N) is 2. The highest BCUT2D eigenvalue weighted by Gasteiger charge is 2.20. The van der Waals surface area contributed by atoms with Gasteiger partial charge in [0.15, 0.2) is 0 Å². The maximum atomic E-state index is 11.4. The SMILES string of the molecule is C#CC(NC(=O)NC1CCC1)C(C)C. The minimum atomic E-state index is -0.171. The Balaban J connectivity index is 2.27. The van der Waals surface area contributed by atoms with Crippen molar-refractivity contribution in [1.29, 1.82) is 0 Å². The molecule has 0 radical (unpaired) electrons. The van der Waals surface area contributed by atoms with Crippen LogP contribution >= 0.6 is 0 Å². The highest BCUT2D eigenvalue weighted by Crippen LogP contribution is 2.17. The third-order valence-electron chi connectivity index (χ3n) is 2.57. The van der Waals surface area contributed by atoms with Crippen LogP contribution in [0.5, 0.6) is 0 Å². The summed E-state index contributed by atoms with van der Waals surface area (Å²) in [6.07, 6.45) is 8.71. The summed E-state index contributed by atoms with van der Waals surface area (Å²) in [5.41, 5.74) is 0. The van der Waals surface area contributed by atoms with Gasteiger partial charge in [-0.15, -0.1) is 6.42 Å². The molecule has 14 heavy (non-hydrogen) atoms. The number of urea groups is 1. The van der Waals surface area contributed by atoms with Crippen LogP contribution in [0.1, 0.15) is 33.1 Å². The first-order valence-electron chi connectivity index (χ1n) is 5.16. The van der Waals surface area contributed by atoms with E-state index in [0.717, 1.165) is 12.8 Å². The van der Waals surface area contributed by atoms with Gasteiger partial charge in [0.25, 0.3) is 0 Å². The predicted molar refractivity (Wildman–Crippen MR) is 56.8 cm³/mol. The van der Waals surface area contributed by atoms with Crippen LogP contribution in [-0.4, -0.2) is 18.1 Å². The van der Waals surface area contributed by atoms with Crippen LogP contribution < -0.4 is 10.6 Å². The smallest absolute Gasteiger partial charge is 0.315 e. The van der Waals surface area contributed by atoms with E-state index in [1.165, 1.54) is 6.42 Å². The molecular formula is C11H18N2O. The summed E-state index contributed by atoms with van der Waals surface area (Å²) in [5.74, 6) is 2.84. The molecule has 3 nitrogen and oxygen atoms in total. The minimum Gasteiger partial charge on any atom is -0.335 e. The molecule has 1 fully saturated rings. The molecule has 0 bridgehead atoms. The molecule has 0 aromatic rings. The van der Waals surface area contributed by atoms with Crippen molar-refractivity contribution in [1.82, 2.24) is 10.6 Å². The standard InChI is InChI=1S/C11H18N2O/c1-4-10(8(2)3)13-11(14)12-9-6-5-7-9/h1,8-10H,5-7H2,2-3H3,(H2,12,13,14). The fourth-order valence-corrected chi connectivity index (χ4v) is 1.32. The second kappa shape index (κ2) is 4.90. The molecule has 1 saturated carbocycles. The zero-order valence-corrected chi connectivity index (χ0v) is 8.84. The summed E-state index contributed by atoms with van der Waals surface area (Å²) < 4.78 is 0. The van der Waals surface area contributed by atoms with Gasteiger partial charge in [0.2, 0.25) is 0 Å². The van der Waals surface area contributed by atoms with E-state index in [9.17, 15) is 4.79 Å². The molecule has 0 spiro atoms. The Morgan fingerprint density at radius 1 is 1.50 bits per heavy atom. The van der Waals surface area contributed by atoms with Gasteiger partial charge in [0, 0.05) is 6.04 Å². The van der Waals surface area contributed by atoms with Gasteiger partial charge in [-0.1, -0.05) is 19.8 Å². The van der Waals surface area contributed by atoms with Gasteiger partial charge >= 0.3 is 6.03 Å². The average molecular weight is 194 g/mol. The molecule has 2 amide bonds. The summed E-state index contributed by atoms with van der Waals surface area (Å²) in [4.78, 5) is 11.4. The molecule has 0 saturated heterocycles. The van der Waals surface area contributed by atoms with E-state index in [4.69, 9.17) is 6.42 Å². The van der Waals surface area contributed by atoms with Crippen molar-refractivity contribution in [3.8, 4) is 12.3 Å². The quantitative estimate of drug-likeness (QED) is 0.657. The van der Waals surface area contributed by atoms with E-state index in [-0.39, 0.29) is 18.0 Å².